The van der Waals surface area contributed by atoms with Crippen molar-refractivity contribution in [3.63, 3.8) is 0 Å². The molecule has 0 aromatic heterocycles. The van der Waals surface area contributed by atoms with E-state index in [-0.39, 0.29) is 10.7 Å². The second-order valence-electron chi connectivity index (χ2n) is 6.76. The molecule has 2 aliphatic rings. The van der Waals surface area contributed by atoms with Crippen molar-refractivity contribution in [2.75, 3.05) is 31.1 Å². The van der Waals surface area contributed by atoms with Gasteiger partial charge in [-0.2, -0.15) is 11.8 Å². The van der Waals surface area contributed by atoms with Crippen LogP contribution in [0.2, 0.25) is 0 Å². The Morgan fingerprint density at radius 3 is 2.67 bits per heavy atom. The molecule has 0 radical (unpaired) electrons. The third-order valence-corrected chi connectivity index (χ3v) is 7.64. The van der Waals surface area contributed by atoms with Gasteiger partial charge in [0.15, 0.2) is 0 Å². The zero-order valence-corrected chi connectivity index (χ0v) is 15.6. The molecule has 134 valence electrons. The third kappa shape index (κ3) is 4.31. The van der Waals surface area contributed by atoms with Crippen LogP contribution in [-0.2, 0) is 10.0 Å². The summed E-state index contributed by atoms with van der Waals surface area (Å²) >= 11 is 2.03. The van der Waals surface area contributed by atoms with Crippen LogP contribution in [0, 0.1) is 18.7 Å². The maximum Gasteiger partial charge on any atom is 0.240 e. The zero-order chi connectivity index (χ0) is 17.2. The summed E-state index contributed by atoms with van der Waals surface area (Å²) in [4.78, 5) is 2.70. The van der Waals surface area contributed by atoms with Gasteiger partial charge in [0.05, 0.1) is 4.90 Å². The maximum absolute atomic E-state index is 13.3. The predicted molar refractivity (Wildman–Crippen MR) is 96.4 cm³/mol. The summed E-state index contributed by atoms with van der Waals surface area (Å²) in [7, 11) is -3.56. The molecular formula is C17H25FN2O2S2. The van der Waals surface area contributed by atoms with E-state index in [2.05, 4.69) is 9.62 Å². The van der Waals surface area contributed by atoms with Gasteiger partial charge in [-0.05, 0) is 74.7 Å². The minimum atomic E-state index is -3.56. The van der Waals surface area contributed by atoms with Gasteiger partial charge in [-0.15, -0.1) is 0 Å². The Hall–Kier alpha value is -0.630. The molecule has 4 nitrogen and oxygen atoms in total. The Morgan fingerprint density at radius 1 is 1.29 bits per heavy atom. The second kappa shape index (κ2) is 7.72. The van der Waals surface area contributed by atoms with Gasteiger partial charge in [-0.3, -0.25) is 4.90 Å². The Morgan fingerprint density at radius 2 is 2.04 bits per heavy atom. The monoisotopic (exact) mass is 372 g/mol. The third-order valence-electron chi connectivity index (χ3n) is 5.07. The quantitative estimate of drug-likeness (QED) is 0.863. The number of aryl methyl sites for hydroxylation is 1. The van der Waals surface area contributed by atoms with E-state index in [1.807, 2.05) is 11.8 Å². The van der Waals surface area contributed by atoms with Crippen molar-refractivity contribution in [1.29, 1.82) is 0 Å². The molecule has 0 spiro atoms. The number of nitrogens with zero attached hydrogens (tertiary/aromatic N) is 1. The van der Waals surface area contributed by atoms with E-state index < -0.39 is 10.0 Å². The predicted octanol–water partition coefficient (Wildman–Crippen LogP) is 2.63. The van der Waals surface area contributed by atoms with Crippen molar-refractivity contribution in [1.82, 2.24) is 9.62 Å². The molecule has 24 heavy (non-hydrogen) atoms. The largest absolute Gasteiger partial charge is 0.300 e. The van der Waals surface area contributed by atoms with E-state index in [1.165, 1.54) is 36.1 Å². The number of hydrogen-bond acceptors (Lipinski definition) is 4. The maximum atomic E-state index is 13.3. The van der Waals surface area contributed by atoms with Gasteiger partial charge in [0.1, 0.15) is 5.82 Å². The number of nitrogens with one attached hydrogen (secondary N) is 1. The van der Waals surface area contributed by atoms with Gasteiger partial charge >= 0.3 is 0 Å². The highest BCUT2D eigenvalue weighted by molar-refractivity contribution is 7.99. The first kappa shape index (κ1) is 18.2. The molecule has 7 heteroatoms. The van der Waals surface area contributed by atoms with Crippen LogP contribution >= 0.6 is 11.8 Å². The lowest BCUT2D eigenvalue weighted by atomic mass is 9.96. The van der Waals surface area contributed by atoms with E-state index in [9.17, 15) is 12.8 Å². The van der Waals surface area contributed by atoms with Crippen molar-refractivity contribution in [2.24, 2.45) is 5.92 Å². The fraction of sp³-hybridized carbons (Fsp3) is 0.647. The first-order valence-corrected chi connectivity index (χ1v) is 11.2. The van der Waals surface area contributed by atoms with E-state index in [1.54, 1.807) is 6.92 Å². The Bertz CT molecular complexity index is 667. The number of thioether (sulfide) groups is 1. The van der Waals surface area contributed by atoms with Gasteiger partial charge < -0.3 is 0 Å². The van der Waals surface area contributed by atoms with Crippen LogP contribution in [0.5, 0.6) is 0 Å². The molecule has 2 saturated heterocycles. The Kier molecular flexibility index (Phi) is 5.85. The fourth-order valence-electron chi connectivity index (χ4n) is 3.43. The minimum Gasteiger partial charge on any atom is -0.300 e. The molecule has 3 rings (SSSR count). The lowest BCUT2D eigenvalue weighted by molar-refractivity contribution is 0.145. The van der Waals surface area contributed by atoms with Crippen molar-refractivity contribution in [3.05, 3.63) is 29.6 Å². The molecule has 0 saturated carbocycles. The van der Waals surface area contributed by atoms with Gasteiger partial charge in [-0.25, -0.2) is 17.5 Å². The molecule has 1 N–H and O–H groups in total. The van der Waals surface area contributed by atoms with Crippen molar-refractivity contribution < 1.29 is 12.8 Å². The second-order valence-corrected chi connectivity index (χ2v) is 9.68. The zero-order valence-electron chi connectivity index (χ0n) is 14.0. The summed E-state index contributed by atoms with van der Waals surface area (Å²) in [6.07, 6.45) is 3.35. The summed E-state index contributed by atoms with van der Waals surface area (Å²) in [5.74, 6) is 2.50. The highest BCUT2D eigenvalue weighted by Crippen LogP contribution is 2.27. The molecular weight excluding hydrogens is 347 g/mol. The molecule has 0 bridgehead atoms. The van der Waals surface area contributed by atoms with Crippen molar-refractivity contribution >= 4 is 21.8 Å². The molecule has 2 heterocycles. The standard InChI is InChI=1S/C17H25FN2O2S2/c1-13-10-16(2-3-17(13)18)24(21,22)19-11-14-4-7-20(8-5-14)15-6-9-23-12-15/h2-3,10,14-15,19H,4-9,11-12H2,1H3/t15-/m0/s1. The van der Waals surface area contributed by atoms with Crippen LogP contribution in [-0.4, -0.2) is 50.5 Å². The van der Waals surface area contributed by atoms with E-state index in [0.717, 1.165) is 32.0 Å². The number of halogens is 1. The van der Waals surface area contributed by atoms with Gasteiger partial charge in [0, 0.05) is 18.3 Å². The highest BCUT2D eigenvalue weighted by atomic mass is 32.2. The number of rotatable bonds is 5. The highest BCUT2D eigenvalue weighted by Gasteiger charge is 2.28. The number of benzene rings is 1. The van der Waals surface area contributed by atoms with Crippen LogP contribution in [0.1, 0.15) is 24.8 Å². The first-order chi connectivity index (χ1) is 11.5. The topological polar surface area (TPSA) is 49.4 Å². The molecule has 0 amide bonds. The SMILES string of the molecule is Cc1cc(S(=O)(=O)NCC2CCN([C@H]3CCSC3)CC2)ccc1F. The molecule has 2 aliphatic heterocycles. The van der Waals surface area contributed by atoms with Crippen LogP contribution in [0.4, 0.5) is 4.39 Å². The van der Waals surface area contributed by atoms with Gasteiger partial charge in [-0.1, -0.05) is 0 Å². The summed E-state index contributed by atoms with van der Waals surface area (Å²) < 4.78 is 40.7. The Balaban J connectivity index is 1.51. The summed E-state index contributed by atoms with van der Waals surface area (Å²) in [5.41, 5.74) is 0.348. The minimum absolute atomic E-state index is 0.141. The van der Waals surface area contributed by atoms with Crippen LogP contribution in [0.25, 0.3) is 0 Å². The Labute approximate surface area is 148 Å². The van der Waals surface area contributed by atoms with Gasteiger partial charge in [0.25, 0.3) is 0 Å². The van der Waals surface area contributed by atoms with E-state index >= 15 is 0 Å². The normalized spacial score (nSPS) is 23.7. The fourth-order valence-corrected chi connectivity index (χ4v) is 5.88. The smallest absolute Gasteiger partial charge is 0.240 e. The average molecular weight is 373 g/mol. The van der Waals surface area contributed by atoms with E-state index in [4.69, 9.17) is 0 Å². The molecule has 2 fully saturated rings. The summed E-state index contributed by atoms with van der Waals surface area (Å²) in [6.45, 7) is 4.16. The lowest BCUT2D eigenvalue weighted by Gasteiger charge is -2.35. The molecule has 1 atom stereocenters. The van der Waals surface area contributed by atoms with Crippen LogP contribution in [0.15, 0.2) is 23.1 Å². The van der Waals surface area contributed by atoms with Crippen molar-refractivity contribution in [2.45, 2.75) is 37.1 Å². The van der Waals surface area contributed by atoms with Crippen LogP contribution in [0.3, 0.4) is 0 Å². The molecule has 0 aliphatic carbocycles. The number of sulfonamides is 1. The summed E-state index contributed by atoms with van der Waals surface area (Å²) in [5, 5.41) is 0. The van der Waals surface area contributed by atoms with Crippen LogP contribution < -0.4 is 4.72 Å². The molecule has 1 aromatic carbocycles. The van der Waals surface area contributed by atoms with Crippen molar-refractivity contribution in [3.8, 4) is 0 Å². The summed E-state index contributed by atoms with van der Waals surface area (Å²) in [6, 6.07) is 4.64. The number of likely N-dealkylation sites (tertiary alicyclic amines) is 1. The first-order valence-electron chi connectivity index (χ1n) is 8.53. The van der Waals surface area contributed by atoms with Gasteiger partial charge in [0.2, 0.25) is 10.0 Å². The average Bonchev–Trinajstić information content (AvgIpc) is 3.10. The number of piperidine rings is 1. The lowest BCUT2D eigenvalue weighted by Crippen LogP contribution is -2.43. The molecule has 1 aromatic rings. The molecule has 0 unspecified atom stereocenters. The number of hydrogen-bond donors (Lipinski definition) is 1. The van der Waals surface area contributed by atoms with E-state index in [0.29, 0.717) is 18.0 Å².